The molecule has 2 atom stereocenters. The highest BCUT2D eigenvalue weighted by atomic mass is 35.5. The highest BCUT2D eigenvalue weighted by Gasteiger charge is 2.26. The number of nitrogen functional groups attached to an aromatic ring is 1. The standard InChI is InChI=1S/C42H46ClN7O10S/c1-23(48-40(54)60-42(6,7)8)38(52)56-21-29(58-33(51)19-47-39(53)59-41(3,4)5)20-55-28-15-11-25(12-16-28)34-30(17-44)35(46)50-37(31(34)18-45)61-22-32-24(2)57-36(49-32)26-9-13-27(43)14-10-26/h9-16,23,29H,19-22H2,1-8H3,(H2,46,50)(H,47,53)(H,48,54)/t23-,29+/m0/s1. The number of oxazole rings is 1. The smallest absolute Gasteiger partial charge is 0.408 e. The molecule has 2 heterocycles. The minimum atomic E-state index is -1.18. The van der Waals surface area contributed by atoms with E-state index in [1.54, 1.807) is 97.0 Å². The summed E-state index contributed by atoms with van der Waals surface area (Å²) in [6, 6.07) is 16.5. The first-order valence-electron chi connectivity index (χ1n) is 18.7. The zero-order valence-corrected chi connectivity index (χ0v) is 36.4. The number of nitriles is 2. The molecule has 0 saturated heterocycles. The number of rotatable bonds is 15. The molecule has 0 radical (unpaired) electrons. The van der Waals surface area contributed by atoms with Crippen molar-refractivity contribution in [3.8, 4) is 40.5 Å². The number of hydrogen-bond acceptors (Lipinski definition) is 16. The predicted molar refractivity (Wildman–Crippen MR) is 224 cm³/mol. The molecule has 4 aromatic rings. The van der Waals surface area contributed by atoms with E-state index in [1.165, 1.54) is 18.7 Å². The van der Waals surface area contributed by atoms with E-state index in [1.807, 2.05) is 0 Å². The van der Waals surface area contributed by atoms with E-state index in [0.29, 0.717) is 27.9 Å². The van der Waals surface area contributed by atoms with Gasteiger partial charge in [-0.25, -0.2) is 24.4 Å². The zero-order chi connectivity index (χ0) is 45.1. The first-order valence-corrected chi connectivity index (χ1v) is 20.1. The third-order valence-corrected chi connectivity index (χ3v) is 9.13. The van der Waals surface area contributed by atoms with Crippen LogP contribution in [0.2, 0.25) is 5.02 Å². The van der Waals surface area contributed by atoms with E-state index < -0.39 is 60.6 Å². The number of aryl methyl sites for hydroxylation is 1. The quantitative estimate of drug-likeness (QED) is 0.0604. The van der Waals surface area contributed by atoms with Gasteiger partial charge in [-0.1, -0.05) is 35.5 Å². The van der Waals surface area contributed by atoms with E-state index in [4.69, 9.17) is 45.4 Å². The first-order chi connectivity index (χ1) is 28.7. The fraction of sp³-hybridized carbons (Fsp3) is 0.381. The van der Waals surface area contributed by atoms with Gasteiger partial charge in [0.25, 0.3) is 0 Å². The molecule has 0 fully saturated rings. The number of anilines is 1. The van der Waals surface area contributed by atoms with E-state index in [9.17, 15) is 29.7 Å². The number of amides is 2. The fourth-order valence-corrected chi connectivity index (χ4v) is 6.28. The van der Waals surface area contributed by atoms with Crippen molar-refractivity contribution in [3.05, 3.63) is 76.1 Å². The average molecular weight is 876 g/mol. The molecule has 17 nitrogen and oxygen atoms in total. The van der Waals surface area contributed by atoms with Gasteiger partial charge in [-0.15, -0.1) is 0 Å². The van der Waals surface area contributed by atoms with Crippen molar-refractivity contribution in [1.29, 1.82) is 10.5 Å². The lowest BCUT2D eigenvalue weighted by Gasteiger charge is -2.23. The summed E-state index contributed by atoms with van der Waals surface area (Å²) in [5, 5.41) is 25.9. The average Bonchev–Trinajstić information content (AvgIpc) is 3.55. The first kappa shape index (κ1) is 47.2. The van der Waals surface area contributed by atoms with Crippen LogP contribution in [0.25, 0.3) is 22.6 Å². The Morgan fingerprint density at radius 2 is 1.49 bits per heavy atom. The maximum Gasteiger partial charge on any atom is 0.408 e. The van der Waals surface area contributed by atoms with E-state index in [2.05, 4.69) is 32.7 Å². The molecule has 0 bridgehead atoms. The number of alkyl carbamates (subject to hydrolysis) is 2. The second-order valence-corrected chi connectivity index (χ2v) is 16.7. The van der Waals surface area contributed by atoms with Crippen LogP contribution in [0, 0.1) is 29.6 Å². The van der Waals surface area contributed by atoms with E-state index in [-0.39, 0.29) is 45.6 Å². The normalized spacial score (nSPS) is 12.2. The Balaban J connectivity index is 1.49. The lowest BCUT2D eigenvalue weighted by molar-refractivity contribution is -0.160. The van der Waals surface area contributed by atoms with Crippen LogP contribution in [0.3, 0.4) is 0 Å². The topological polar surface area (TPSA) is 251 Å². The molecular weight excluding hydrogens is 830 g/mol. The Bertz CT molecular complexity index is 2310. The molecule has 61 heavy (non-hydrogen) atoms. The van der Waals surface area contributed by atoms with Gasteiger partial charge in [0.05, 0.1) is 11.3 Å². The van der Waals surface area contributed by atoms with Crippen molar-refractivity contribution in [2.45, 2.75) is 89.5 Å². The second kappa shape index (κ2) is 20.7. The maximum absolute atomic E-state index is 12.8. The highest BCUT2D eigenvalue weighted by molar-refractivity contribution is 7.98. The summed E-state index contributed by atoms with van der Waals surface area (Å²) in [6.45, 7) is 11.8. The molecule has 0 aliphatic carbocycles. The van der Waals surface area contributed by atoms with Crippen LogP contribution >= 0.6 is 23.4 Å². The number of hydrogen-bond donors (Lipinski definition) is 3. The summed E-state index contributed by atoms with van der Waals surface area (Å²) in [4.78, 5) is 58.8. The number of esters is 2. The van der Waals surface area contributed by atoms with E-state index >= 15 is 0 Å². The summed E-state index contributed by atoms with van der Waals surface area (Å²) >= 11 is 7.23. The van der Waals surface area contributed by atoms with Crippen LogP contribution in [0.1, 0.15) is 71.0 Å². The van der Waals surface area contributed by atoms with Gasteiger partial charge in [-0.2, -0.15) is 10.5 Å². The number of halogens is 1. The minimum Gasteiger partial charge on any atom is -0.490 e. The number of nitrogens with one attached hydrogen (secondary N) is 2. The van der Waals surface area contributed by atoms with Gasteiger partial charge in [0, 0.05) is 21.9 Å². The number of carbonyl (C=O) groups excluding carboxylic acids is 4. The molecule has 2 aromatic carbocycles. The van der Waals surface area contributed by atoms with Crippen molar-refractivity contribution in [1.82, 2.24) is 20.6 Å². The van der Waals surface area contributed by atoms with Crippen molar-refractivity contribution in [2.24, 2.45) is 0 Å². The van der Waals surface area contributed by atoms with Crippen LogP contribution < -0.4 is 21.1 Å². The Hall–Kier alpha value is -6.50. The second-order valence-electron chi connectivity index (χ2n) is 15.3. The summed E-state index contributed by atoms with van der Waals surface area (Å²) < 4.78 is 32.9. The molecule has 4 rings (SSSR count). The molecule has 0 spiro atoms. The van der Waals surface area contributed by atoms with Crippen molar-refractivity contribution in [2.75, 3.05) is 25.5 Å². The van der Waals surface area contributed by atoms with Crippen molar-refractivity contribution < 1.29 is 47.3 Å². The van der Waals surface area contributed by atoms with Crippen LogP contribution in [-0.4, -0.2) is 77.2 Å². The maximum atomic E-state index is 12.8. The zero-order valence-electron chi connectivity index (χ0n) is 34.8. The molecule has 2 aromatic heterocycles. The number of pyridine rings is 1. The molecule has 0 aliphatic rings. The molecule has 0 aliphatic heterocycles. The number of nitrogens with two attached hydrogens (primary N) is 1. The third kappa shape index (κ3) is 14.3. The lowest BCUT2D eigenvalue weighted by atomic mass is 9.97. The SMILES string of the molecule is Cc1oc(-c2ccc(Cl)cc2)nc1CSc1nc(N)c(C#N)c(-c2ccc(OC[C@H](COC(=O)[C@H](C)NC(=O)OC(C)(C)C)OC(=O)CNC(=O)OC(C)(C)C)cc2)c1C#N. The Morgan fingerprint density at radius 1 is 0.885 bits per heavy atom. The molecule has 0 saturated carbocycles. The van der Waals surface area contributed by atoms with Gasteiger partial charge in [0.2, 0.25) is 5.89 Å². The fourth-order valence-electron chi connectivity index (χ4n) is 5.16. The molecular formula is C42H46ClN7O10S. The van der Waals surface area contributed by atoms with Gasteiger partial charge >= 0.3 is 24.1 Å². The van der Waals surface area contributed by atoms with Crippen LogP contribution in [0.4, 0.5) is 15.4 Å². The molecule has 4 N–H and O–H groups in total. The van der Waals surface area contributed by atoms with Gasteiger partial charge in [0.1, 0.15) is 77.1 Å². The van der Waals surface area contributed by atoms with Crippen LogP contribution in [0.15, 0.2) is 58.0 Å². The molecule has 2 amide bonds. The predicted octanol–water partition coefficient (Wildman–Crippen LogP) is 7.25. The molecule has 0 unspecified atom stereocenters. The number of ether oxygens (including phenoxy) is 5. The van der Waals surface area contributed by atoms with Gasteiger partial charge in [-0.3, -0.25) is 4.79 Å². The molecule has 322 valence electrons. The Morgan fingerprint density at radius 3 is 2.10 bits per heavy atom. The lowest BCUT2D eigenvalue weighted by Crippen LogP contribution is -2.43. The Kier molecular flexibility index (Phi) is 16.0. The third-order valence-electron chi connectivity index (χ3n) is 7.90. The number of aromatic nitrogens is 2. The largest absolute Gasteiger partial charge is 0.490 e. The van der Waals surface area contributed by atoms with Gasteiger partial charge in [-0.05, 0) is 97.4 Å². The molecule has 19 heteroatoms. The Labute approximate surface area is 362 Å². The van der Waals surface area contributed by atoms with Gasteiger partial charge < -0.3 is 44.5 Å². The number of nitrogens with zero attached hydrogens (tertiary/aromatic N) is 4. The van der Waals surface area contributed by atoms with Gasteiger partial charge in [0.15, 0.2) is 6.10 Å². The van der Waals surface area contributed by atoms with Crippen LogP contribution in [-0.2, 0) is 34.3 Å². The monoisotopic (exact) mass is 875 g/mol. The van der Waals surface area contributed by atoms with E-state index in [0.717, 1.165) is 5.56 Å². The summed E-state index contributed by atoms with van der Waals surface area (Å²) in [5.74, 6) is -0.279. The van der Waals surface area contributed by atoms with Crippen LogP contribution in [0.5, 0.6) is 5.75 Å². The summed E-state index contributed by atoms with van der Waals surface area (Å²) in [7, 11) is 0. The number of carbonyl (C=O) groups is 4. The summed E-state index contributed by atoms with van der Waals surface area (Å²) in [5.41, 5.74) is 6.84. The minimum absolute atomic E-state index is 0.00128. The number of thioether (sulfide) groups is 1. The highest BCUT2D eigenvalue weighted by Crippen LogP contribution is 2.38. The number of benzene rings is 2. The van der Waals surface area contributed by atoms with Crippen molar-refractivity contribution >= 4 is 53.3 Å². The van der Waals surface area contributed by atoms with Crippen molar-refractivity contribution in [3.63, 3.8) is 0 Å². The summed E-state index contributed by atoms with van der Waals surface area (Å²) in [6.07, 6.45) is -2.87.